The fourth-order valence-corrected chi connectivity index (χ4v) is 7.86. The predicted molar refractivity (Wildman–Crippen MR) is 218 cm³/mol. The van der Waals surface area contributed by atoms with E-state index in [1.165, 1.54) is 0 Å². The molecule has 0 unspecified atom stereocenters. The lowest BCUT2D eigenvalue weighted by Gasteiger charge is -2.18. The fourth-order valence-electron chi connectivity index (χ4n) is 7.86. The van der Waals surface area contributed by atoms with Crippen LogP contribution in [0, 0.1) is 0 Å². The van der Waals surface area contributed by atoms with E-state index in [2.05, 4.69) is 42.5 Å². The molecule has 1 nitrogen and oxygen atoms in total. The highest BCUT2D eigenvalue weighted by Crippen LogP contribution is 2.45. The van der Waals surface area contributed by atoms with Crippen molar-refractivity contribution in [3.05, 3.63) is 182 Å². The average molecular weight is 655 g/mol. The summed E-state index contributed by atoms with van der Waals surface area (Å²) in [5.41, 5.74) is 4.77. The summed E-state index contributed by atoms with van der Waals surface area (Å²) >= 11 is 0. The summed E-state index contributed by atoms with van der Waals surface area (Å²) in [4.78, 5) is 0. The highest BCUT2D eigenvalue weighted by molar-refractivity contribution is 6.22. The largest absolute Gasteiger partial charge is 0.456 e. The minimum Gasteiger partial charge on any atom is -0.456 e. The number of rotatable bonds is 3. The normalized spacial score (nSPS) is 14.1. The monoisotopic (exact) mass is 654 g/mol. The van der Waals surface area contributed by atoms with Crippen molar-refractivity contribution in [1.29, 1.82) is 0 Å². The van der Waals surface area contributed by atoms with Crippen LogP contribution in [0.4, 0.5) is 0 Å². The van der Waals surface area contributed by atoms with Gasteiger partial charge < -0.3 is 4.42 Å². The van der Waals surface area contributed by atoms with Crippen LogP contribution < -0.4 is 0 Å². The molecule has 0 aliphatic carbocycles. The van der Waals surface area contributed by atoms with Crippen LogP contribution >= 0.6 is 0 Å². The maximum Gasteiger partial charge on any atom is 0.136 e. The van der Waals surface area contributed by atoms with E-state index >= 15 is 0 Å². The molecule has 0 spiro atoms. The predicted octanol–water partition coefficient (Wildman–Crippen LogP) is 14.4. The van der Waals surface area contributed by atoms with Crippen LogP contribution in [-0.4, -0.2) is 0 Å². The van der Waals surface area contributed by atoms with Crippen molar-refractivity contribution in [1.82, 2.24) is 0 Å². The van der Waals surface area contributed by atoms with Gasteiger partial charge in [0.2, 0.25) is 0 Å². The number of furan rings is 1. The van der Waals surface area contributed by atoms with E-state index in [9.17, 15) is 5.48 Å². The topological polar surface area (TPSA) is 13.1 Å². The Kier molecular flexibility index (Phi) is 4.57. The third-order valence-corrected chi connectivity index (χ3v) is 10.2. The SMILES string of the molecule is [2H]c1c([2H])c([2H])c2c(-c3ccc4oc5cc6ccccc6cc5c4c3)c3c([2H])c([2H])c([2H])c([2H])c3c(-c3cccc(-c4ccc5ccc6ccccc6c5c4)c3)c2c1[2H]. The number of hydrogen-bond acceptors (Lipinski definition) is 1. The second-order valence-electron chi connectivity index (χ2n) is 13.1. The van der Waals surface area contributed by atoms with Gasteiger partial charge in [0.1, 0.15) is 11.2 Å². The smallest absolute Gasteiger partial charge is 0.136 e. The number of benzene rings is 10. The molecule has 11 rings (SSSR count). The lowest BCUT2D eigenvalue weighted by molar-refractivity contribution is 0.669. The zero-order valence-corrected chi connectivity index (χ0v) is 27.1. The van der Waals surface area contributed by atoms with Crippen molar-refractivity contribution in [2.45, 2.75) is 0 Å². The molecular formula is C50H30O. The van der Waals surface area contributed by atoms with Crippen LogP contribution in [0.15, 0.2) is 186 Å². The molecule has 0 fully saturated rings. The Balaban J connectivity index is 1.25. The molecular weight excluding hydrogens is 617 g/mol. The molecule has 0 aliphatic heterocycles. The van der Waals surface area contributed by atoms with Crippen LogP contribution in [0.2, 0.25) is 0 Å². The molecule has 236 valence electrons. The first-order valence-electron chi connectivity index (χ1n) is 20.9. The molecule has 0 bridgehead atoms. The zero-order valence-electron chi connectivity index (χ0n) is 35.1. The molecule has 0 atom stereocenters. The van der Waals surface area contributed by atoms with Crippen molar-refractivity contribution >= 4 is 75.8 Å². The van der Waals surface area contributed by atoms with Crippen molar-refractivity contribution in [3.63, 3.8) is 0 Å². The van der Waals surface area contributed by atoms with E-state index in [4.69, 9.17) is 9.90 Å². The highest BCUT2D eigenvalue weighted by atomic mass is 16.3. The van der Waals surface area contributed by atoms with Gasteiger partial charge in [-0.3, -0.25) is 0 Å². The lowest BCUT2D eigenvalue weighted by Crippen LogP contribution is -1.91. The third-order valence-electron chi connectivity index (χ3n) is 10.2. The molecule has 0 radical (unpaired) electrons. The van der Waals surface area contributed by atoms with E-state index in [0.717, 1.165) is 54.2 Å². The van der Waals surface area contributed by atoms with Crippen LogP contribution in [0.3, 0.4) is 0 Å². The Morgan fingerprint density at radius 1 is 0.314 bits per heavy atom. The van der Waals surface area contributed by atoms with Gasteiger partial charge in [-0.05, 0) is 124 Å². The second kappa shape index (κ2) is 10.9. The Labute approximate surface area is 305 Å². The molecule has 0 amide bonds. The minimum absolute atomic E-state index is 0.170. The summed E-state index contributed by atoms with van der Waals surface area (Å²) in [7, 11) is 0. The molecule has 0 saturated heterocycles. The summed E-state index contributed by atoms with van der Waals surface area (Å²) in [5.74, 6) is 0. The zero-order chi connectivity index (χ0) is 40.4. The van der Waals surface area contributed by atoms with E-state index in [1.807, 2.05) is 84.9 Å². The first-order chi connectivity index (χ1) is 28.6. The number of hydrogen-bond donors (Lipinski definition) is 0. The van der Waals surface area contributed by atoms with Gasteiger partial charge in [-0.25, -0.2) is 0 Å². The maximum atomic E-state index is 9.45. The van der Waals surface area contributed by atoms with Crippen LogP contribution in [0.25, 0.3) is 109 Å². The summed E-state index contributed by atoms with van der Waals surface area (Å²) in [5, 5.41) is 8.79. The van der Waals surface area contributed by atoms with Gasteiger partial charge in [0.05, 0.1) is 11.0 Å². The molecule has 10 aromatic carbocycles. The Hall–Kier alpha value is -6.70. The van der Waals surface area contributed by atoms with E-state index in [1.54, 1.807) is 6.07 Å². The lowest BCUT2D eigenvalue weighted by atomic mass is 9.85. The van der Waals surface area contributed by atoms with Crippen LogP contribution in [0.5, 0.6) is 0 Å². The number of fused-ring (bicyclic) bond motifs is 9. The molecule has 1 aromatic heterocycles. The fraction of sp³-hybridized carbons (Fsp3) is 0. The van der Waals surface area contributed by atoms with E-state index in [-0.39, 0.29) is 45.7 Å². The van der Waals surface area contributed by atoms with Gasteiger partial charge >= 0.3 is 0 Å². The molecule has 0 aliphatic rings. The van der Waals surface area contributed by atoms with Gasteiger partial charge in [0.15, 0.2) is 0 Å². The summed E-state index contributed by atoms with van der Waals surface area (Å²) in [6.45, 7) is 0. The van der Waals surface area contributed by atoms with Crippen molar-refractivity contribution in [2.75, 3.05) is 0 Å². The minimum atomic E-state index is -0.437. The van der Waals surface area contributed by atoms with Gasteiger partial charge in [0.25, 0.3) is 0 Å². The highest BCUT2D eigenvalue weighted by Gasteiger charge is 2.18. The summed E-state index contributed by atoms with van der Waals surface area (Å²) < 4.78 is 79.6. The average Bonchev–Trinajstić information content (AvgIpc) is 3.63. The Bertz CT molecular complexity index is 3580. The first-order valence-corrected chi connectivity index (χ1v) is 16.9. The molecule has 0 saturated carbocycles. The standard InChI is InChI=1S/C50H30O/c1-2-12-35-30-48-46(28-34(35)11-1)45-29-38(24-25-47(45)51-48)50-42-18-7-5-16-40(42)49(41-17-6-8-19-43(41)50)37-14-9-13-33(26-37)36-23-22-32-21-20-31-10-3-4-15-39(31)44(32)27-36/h1-30H/i5D,6D,7D,8D,16D,17D,18D,19D. The van der Waals surface area contributed by atoms with Crippen LogP contribution in [0.1, 0.15) is 11.0 Å². The van der Waals surface area contributed by atoms with Gasteiger partial charge in [-0.15, -0.1) is 0 Å². The molecule has 0 N–H and O–H groups in total. The summed E-state index contributed by atoms with van der Waals surface area (Å²) in [6.07, 6.45) is 0. The third kappa shape index (κ3) is 4.35. The molecule has 11 aromatic rings. The quantitative estimate of drug-likeness (QED) is 0.136. The van der Waals surface area contributed by atoms with Gasteiger partial charge in [-0.2, -0.15) is 0 Å². The molecule has 1 heterocycles. The van der Waals surface area contributed by atoms with Gasteiger partial charge in [0, 0.05) is 10.8 Å². The first kappa shape index (κ1) is 21.4. The van der Waals surface area contributed by atoms with E-state index < -0.39 is 24.2 Å². The van der Waals surface area contributed by atoms with E-state index in [0.29, 0.717) is 33.4 Å². The second-order valence-corrected chi connectivity index (χ2v) is 13.1. The van der Waals surface area contributed by atoms with Crippen molar-refractivity contribution < 1.29 is 15.4 Å². The maximum absolute atomic E-state index is 9.45. The summed E-state index contributed by atoms with van der Waals surface area (Å²) in [6, 6.07) is 41.0. The molecule has 51 heavy (non-hydrogen) atoms. The Morgan fingerprint density at radius 2 is 0.824 bits per heavy atom. The van der Waals surface area contributed by atoms with Crippen molar-refractivity contribution in [2.24, 2.45) is 0 Å². The van der Waals surface area contributed by atoms with Crippen molar-refractivity contribution in [3.8, 4) is 33.4 Å². The van der Waals surface area contributed by atoms with Crippen LogP contribution in [-0.2, 0) is 0 Å². The Morgan fingerprint density at radius 3 is 1.55 bits per heavy atom. The molecule has 1 heteroatoms. The van der Waals surface area contributed by atoms with Gasteiger partial charge in [-0.1, -0.05) is 145 Å².